The zero-order valence-electron chi connectivity index (χ0n) is 14.6. The predicted molar refractivity (Wildman–Crippen MR) is 101 cm³/mol. The first-order valence-corrected chi connectivity index (χ1v) is 8.24. The van der Waals surface area contributed by atoms with Gasteiger partial charge in [-0.05, 0) is 42.0 Å². The Bertz CT molecular complexity index is 1040. The molecule has 6 heteroatoms. The van der Waals surface area contributed by atoms with E-state index < -0.39 is 11.9 Å². The monoisotopic (exact) mass is 363 g/mol. The van der Waals surface area contributed by atoms with E-state index in [1.807, 2.05) is 18.2 Å². The summed E-state index contributed by atoms with van der Waals surface area (Å²) in [5.41, 5.74) is 0.935. The number of benzene rings is 3. The number of fused-ring (bicyclic) bond motifs is 1. The smallest absolute Gasteiger partial charge is 0.339 e. The number of carbonyl (C=O) groups is 3. The van der Waals surface area contributed by atoms with Gasteiger partial charge in [0.2, 0.25) is 0 Å². The highest BCUT2D eigenvalue weighted by Gasteiger charge is 2.14. The molecule has 0 fully saturated rings. The molecule has 0 aliphatic carbocycles. The minimum atomic E-state index is -1.13. The van der Waals surface area contributed by atoms with Crippen molar-refractivity contribution in [3.63, 3.8) is 0 Å². The number of hydrogen-bond acceptors (Lipinski definition) is 4. The molecule has 0 radical (unpaired) electrons. The lowest BCUT2D eigenvalue weighted by atomic mass is 10.1. The van der Waals surface area contributed by atoms with Crippen molar-refractivity contribution in [1.82, 2.24) is 0 Å². The zero-order chi connectivity index (χ0) is 19.4. The fourth-order valence-electron chi connectivity index (χ4n) is 2.66. The first-order valence-electron chi connectivity index (χ1n) is 8.24. The molecule has 1 amide bonds. The van der Waals surface area contributed by atoms with Gasteiger partial charge in [0.25, 0.3) is 5.91 Å². The average molecular weight is 363 g/mol. The van der Waals surface area contributed by atoms with Gasteiger partial charge >= 0.3 is 5.97 Å². The Kier molecular flexibility index (Phi) is 5.17. The van der Waals surface area contributed by atoms with Gasteiger partial charge in [0.15, 0.2) is 12.4 Å². The van der Waals surface area contributed by atoms with Crippen LogP contribution in [0.4, 0.5) is 5.69 Å². The Labute approximate surface area is 155 Å². The van der Waals surface area contributed by atoms with E-state index in [1.165, 1.54) is 13.0 Å². The Morgan fingerprint density at radius 3 is 2.33 bits per heavy atom. The largest absolute Gasteiger partial charge is 0.483 e. The second-order valence-electron chi connectivity index (χ2n) is 5.97. The zero-order valence-corrected chi connectivity index (χ0v) is 14.6. The molecule has 3 aromatic rings. The van der Waals surface area contributed by atoms with Crippen LogP contribution in [0.3, 0.4) is 0 Å². The molecule has 0 aromatic heterocycles. The van der Waals surface area contributed by atoms with Gasteiger partial charge in [-0.15, -0.1) is 0 Å². The summed E-state index contributed by atoms with van der Waals surface area (Å²) in [4.78, 5) is 35.0. The van der Waals surface area contributed by atoms with Crippen LogP contribution in [-0.2, 0) is 4.79 Å². The molecule has 6 nitrogen and oxygen atoms in total. The van der Waals surface area contributed by atoms with Gasteiger partial charge < -0.3 is 15.2 Å². The molecule has 0 saturated heterocycles. The third-order valence-electron chi connectivity index (χ3n) is 3.99. The minimum Gasteiger partial charge on any atom is -0.483 e. The van der Waals surface area contributed by atoms with E-state index in [1.54, 1.807) is 36.4 Å². The van der Waals surface area contributed by atoms with Crippen molar-refractivity contribution in [2.45, 2.75) is 6.92 Å². The van der Waals surface area contributed by atoms with Crippen LogP contribution < -0.4 is 10.1 Å². The van der Waals surface area contributed by atoms with Gasteiger partial charge in [0.1, 0.15) is 11.3 Å². The molecule has 0 aliphatic rings. The van der Waals surface area contributed by atoms with Crippen LogP contribution >= 0.6 is 0 Å². The number of ether oxygens (including phenoxy) is 1. The maximum Gasteiger partial charge on any atom is 0.339 e. The van der Waals surface area contributed by atoms with Gasteiger partial charge in [-0.2, -0.15) is 0 Å². The molecule has 2 N–H and O–H groups in total. The maximum atomic E-state index is 12.1. The van der Waals surface area contributed by atoms with E-state index in [4.69, 9.17) is 4.74 Å². The predicted octanol–water partition coefficient (Wildman–Crippen LogP) is 3.76. The van der Waals surface area contributed by atoms with E-state index in [9.17, 15) is 19.5 Å². The SMILES string of the molecule is CC(=O)c1cccc(NC(=O)COc2cc3ccccc3cc2C(=O)O)c1. The Morgan fingerprint density at radius 1 is 0.963 bits per heavy atom. The van der Waals surface area contributed by atoms with E-state index >= 15 is 0 Å². The summed E-state index contributed by atoms with van der Waals surface area (Å²) in [5.74, 6) is -1.58. The minimum absolute atomic E-state index is 0.0138. The van der Waals surface area contributed by atoms with Gasteiger partial charge in [-0.25, -0.2) is 4.79 Å². The van der Waals surface area contributed by atoms with Gasteiger partial charge in [-0.3, -0.25) is 9.59 Å². The number of carbonyl (C=O) groups excluding carboxylic acids is 2. The van der Waals surface area contributed by atoms with Crippen molar-refractivity contribution in [2.75, 3.05) is 11.9 Å². The summed E-state index contributed by atoms with van der Waals surface area (Å²) in [6.07, 6.45) is 0. The highest BCUT2D eigenvalue weighted by Crippen LogP contribution is 2.26. The third kappa shape index (κ3) is 4.30. The Morgan fingerprint density at radius 2 is 1.67 bits per heavy atom. The fourth-order valence-corrected chi connectivity index (χ4v) is 2.66. The molecule has 0 atom stereocenters. The Balaban J connectivity index is 1.75. The molecule has 0 unspecified atom stereocenters. The Hall–Kier alpha value is -3.67. The van der Waals surface area contributed by atoms with Gasteiger partial charge in [0.05, 0.1) is 0 Å². The summed E-state index contributed by atoms with van der Waals surface area (Å²) in [6, 6.07) is 17.0. The van der Waals surface area contributed by atoms with Crippen LogP contribution in [0.1, 0.15) is 27.6 Å². The van der Waals surface area contributed by atoms with Gasteiger partial charge in [0, 0.05) is 11.3 Å². The highest BCUT2D eigenvalue weighted by molar-refractivity contribution is 5.99. The first kappa shape index (κ1) is 18.1. The van der Waals surface area contributed by atoms with E-state index in [-0.39, 0.29) is 23.7 Å². The lowest BCUT2D eigenvalue weighted by Crippen LogP contribution is -2.21. The van der Waals surface area contributed by atoms with Crippen molar-refractivity contribution < 1.29 is 24.2 Å². The molecule has 27 heavy (non-hydrogen) atoms. The fraction of sp³-hybridized carbons (Fsp3) is 0.0952. The van der Waals surface area contributed by atoms with Crippen molar-refractivity contribution in [1.29, 1.82) is 0 Å². The number of carboxylic acid groups (broad SMARTS) is 1. The molecule has 0 saturated carbocycles. The number of ketones is 1. The van der Waals surface area contributed by atoms with Crippen LogP contribution in [-0.4, -0.2) is 29.4 Å². The standard InChI is InChI=1S/C21H17NO5/c1-13(23)14-7-4-8-17(9-14)22-20(24)12-27-19-11-16-6-3-2-5-15(16)10-18(19)21(25)26/h2-11H,12H2,1H3,(H,22,24)(H,25,26). The molecule has 3 aromatic carbocycles. The normalized spacial score (nSPS) is 10.4. The number of hydrogen-bond donors (Lipinski definition) is 2. The number of nitrogens with one attached hydrogen (secondary N) is 1. The molecule has 0 heterocycles. The molecule has 0 aliphatic heterocycles. The summed E-state index contributed by atoms with van der Waals surface area (Å²) in [7, 11) is 0. The van der Waals surface area contributed by atoms with Crippen LogP contribution in [0.2, 0.25) is 0 Å². The number of anilines is 1. The van der Waals surface area contributed by atoms with Crippen molar-refractivity contribution in [2.24, 2.45) is 0 Å². The van der Waals surface area contributed by atoms with Crippen molar-refractivity contribution in [3.8, 4) is 5.75 Å². The van der Waals surface area contributed by atoms with Crippen LogP contribution in [0, 0.1) is 0 Å². The van der Waals surface area contributed by atoms with Crippen LogP contribution in [0.25, 0.3) is 10.8 Å². The van der Waals surface area contributed by atoms with E-state index in [2.05, 4.69) is 5.32 Å². The molecular weight excluding hydrogens is 346 g/mol. The summed E-state index contributed by atoms with van der Waals surface area (Å²) in [6.45, 7) is 1.08. The topological polar surface area (TPSA) is 92.7 Å². The maximum absolute atomic E-state index is 12.1. The highest BCUT2D eigenvalue weighted by atomic mass is 16.5. The number of aromatic carboxylic acids is 1. The van der Waals surface area contributed by atoms with Crippen LogP contribution in [0.5, 0.6) is 5.75 Å². The number of Topliss-reactive ketones (excluding diaryl/α,β-unsaturated/α-hetero) is 1. The molecular formula is C21H17NO5. The number of carboxylic acids is 1. The summed E-state index contributed by atoms with van der Waals surface area (Å²) in [5, 5.41) is 13.6. The number of rotatable bonds is 6. The lowest BCUT2D eigenvalue weighted by Gasteiger charge is -2.11. The molecule has 136 valence electrons. The lowest BCUT2D eigenvalue weighted by molar-refractivity contribution is -0.118. The first-order chi connectivity index (χ1) is 12.9. The van der Waals surface area contributed by atoms with Crippen molar-refractivity contribution >= 4 is 34.1 Å². The van der Waals surface area contributed by atoms with Gasteiger partial charge in [-0.1, -0.05) is 36.4 Å². The quantitative estimate of drug-likeness (QED) is 0.651. The third-order valence-corrected chi connectivity index (χ3v) is 3.99. The molecule has 0 bridgehead atoms. The second kappa shape index (κ2) is 7.70. The second-order valence-corrected chi connectivity index (χ2v) is 5.97. The van der Waals surface area contributed by atoms with E-state index in [0.29, 0.717) is 11.3 Å². The molecule has 0 spiro atoms. The van der Waals surface area contributed by atoms with E-state index in [0.717, 1.165) is 10.8 Å². The average Bonchev–Trinajstić information content (AvgIpc) is 2.65. The summed E-state index contributed by atoms with van der Waals surface area (Å²) >= 11 is 0. The summed E-state index contributed by atoms with van der Waals surface area (Å²) < 4.78 is 5.46. The van der Waals surface area contributed by atoms with Crippen molar-refractivity contribution in [3.05, 3.63) is 71.8 Å². The van der Waals surface area contributed by atoms with Crippen LogP contribution in [0.15, 0.2) is 60.7 Å². The number of amides is 1. The molecule has 3 rings (SSSR count).